The maximum atomic E-state index is 12.7. The van der Waals surface area contributed by atoms with E-state index >= 15 is 0 Å². The number of hydrogen-bond acceptors (Lipinski definition) is 7. The van der Waals surface area contributed by atoms with Crippen molar-refractivity contribution in [3.05, 3.63) is 48.6 Å². The fourth-order valence-electron chi connectivity index (χ4n) is 6.26. The largest absolute Gasteiger partial charge is 0.544 e. The van der Waals surface area contributed by atoms with Crippen molar-refractivity contribution in [1.29, 1.82) is 0 Å². The molecule has 0 radical (unpaired) electrons. The fourth-order valence-corrected chi connectivity index (χ4v) is 6.26. The third kappa shape index (κ3) is 36.7. The average molecular weight is 774 g/mol. The fraction of sp³-hybridized carbons (Fsp3) is 0.766. The molecule has 0 aromatic rings. The van der Waals surface area contributed by atoms with Crippen molar-refractivity contribution in [1.82, 2.24) is 0 Å². The summed E-state index contributed by atoms with van der Waals surface area (Å²) in [6.45, 7) is 4.51. The van der Waals surface area contributed by atoms with E-state index in [0.29, 0.717) is 12.8 Å². The highest BCUT2D eigenvalue weighted by Gasteiger charge is 2.25. The highest BCUT2D eigenvalue weighted by Crippen LogP contribution is 2.14. The van der Waals surface area contributed by atoms with Crippen molar-refractivity contribution in [2.24, 2.45) is 0 Å². The highest BCUT2D eigenvalue weighted by molar-refractivity contribution is 5.70. The molecule has 2 atom stereocenters. The van der Waals surface area contributed by atoms with Gasteiger partial charge < -0.3 is 28.6 Å². The van der Waals surface area contributed by atoms with Crippen LogP contribution in [0.15, 0.2) is 48.6 Å². The van der Waals surface area contributed by atoms with Crippen LogP contribution < -0.4 is 5.11 Å². The standard InChI is InChI=1S/C47H83NO7/c1-6-8-10-12-14-16-18-20-21-22-23-24-25-26-28-30-32-34-36-38-46(50)55-43(41-53-40-39-44(47(51)52)48(3,4)5)42-54-45(49)37-35-33-31-29-27-19-17-15-13-11-9-7-2/h8,10,14-17,20-21,43-44H,6-7,9,11-13,18-19,22-42H2,1-5H3/b10-8+,16-14+,17-15+,21-20+. The molecule has 0 spiro atoms. The lowest BCUT2D eigenvalue weighted by Crippen LogP contribution is -2.55. The van der Waals surface area contributed by atoms with Crippen LogP contribution in [0.4, 0.5) is 0 Å². The van der Waals surface area contributed by atoms with Gasteiger partial charge in [0.25, 0.3) is 0 Å². The molecule has 8 nitrogen and oxygen atoms in total. The van der Waals surface area contributed by atoms with Crippen molar-refractivity contribution in [3.63, 3.8) is 0 Å². The van der Waals surface area contributed by atoms with E-state index in [0.717, 1.165) is 77.0 Å². The number of likely N-dealkylation sites (N-methyl/N-ethyl adjacent to an activating group) is 1. The third-order valence-electron chi connectivity index (χ3n) is 9.70. The Morgan fingerprint density at radius 2 is 1.02 bits per heavy atom. The molecule has 0 aromatic carbocycles. The van der Waals surface area contributed by atoms with Gasteiger partial charge in [-0.15, -0.1) is 0 Å². The van der Waals surface area contributed by atoms with Gasteiger partial charge in [0.1, 0.15) is 12.6 Å². The number of carbonyl (C=O) groups excluding carboxylic acids is 3. The smallest absolute Gasteiger partial charge is 0.306 e. The topological polar surface area (TPSA) is 102 Å². The second-order valence-corrected chi connectivity index (χ2v) is 15.9. The zero-order valence-corrected chi connectivity index (χ0v) is 36.1. The summed E-state index contributed by atoms with van der Waals surface area (Å²) in [5, 5.41) is 11.6. The predicted octanol–water partition coefficient (Wildman–Crippen LogP) is 10.7. The number of rotatable bonds is 39. The van der Waals surface area contributed by atoms with E-state index in [2.05, 4.69) is 62.5 Å². The minimum Gasteiger partial charge on any atom is -0.544 e. The predicted molar refractivity (Wildman–Crippen MR) is 226 cm³/mol. The lowest BCUT2D eigenvalue weighted by molar-refractivity contribution is -0.889. The summed E-state index contributed by atoms with van der Waals surface area (Å²) >= 11 is 0. The van der Waals surface area contributed by atoms with E-state index in [1.807, 2.05) is 0 Å². The molecule has 0 aliphatic heterocycles. The quantitative estimate of drug-likeness (QED) is 0.0265. The second-order valence-electron chi connectivity index (χ2n) is 15.9. The first-order valence-corrected chi connectivity index (χ1v) is 22.2. The summed E-state index contributed by atoms with van der Waals surface area (Å²) in [6, 6.07) is -0.728. The SMILES string of the molecule is CC/C=C/C/C=C/C/C=C/CCCCCCCCCCCC(=O)OC(COCCC(C(=O)[O-])[N+](C)(C)C)COC(=O)CCCCCCC/C=C/CCCCC. The lowest BCUT2D eigenvalue weighted by atomic mass is 10.1. The molecule has 2 unspecified atom stereocenters. The lowest BCUT2D eigenvalue weighted by Gasteiger charge is -2.34. The minimum absolute atomic E-state index is 0.0355. The van der Waals surface area contributed by atoms with Gasteiger partial charge in [-0.1, -0.05) is 140 Å². The molecule has 0 rings (SSSR count). The minimum atomic E-state index is -1.13. The molecule has 0 fully saturated rings. The second kappa shape index (κ2) is 38.2. The molecule has 318 valence electrons. The summed E-state index contributed by atoms with van der Waals surface area (Å²) in [5.74, 6) is -1.75. The first kappa shape index (κ1) is 52.3. The van der Waals surface area contributed by atoms with Crippen molar-refractivity contribution in [2.75, 3.05) is 41.0 Å². The summed E-state index contributed by atoms with van der Waals surface area (Å²) in [4.78, 5) is 36.8. The molecule has 8 heteroatoms. The number of carboxylic acids is 1. The van der Waals surface area contributed by atoms with Gasteiger partial charge in [-0.2, -0.15) is 0 Å². The molecule has 0 heterocycles. The van der Waals surface area contributed by atoms with E-state index in [1.165, 1.54) is 70.6 Å². The summed E-state index contributed by atoms with van der Waals surface area (Å²) < 4.78 is 17.1. The third-order valence-corrected chi connectivity index (χ3v) is 9.70. The van der Waals surface area contributed by atoms with Crippen molar-refractivity contribution < 1.29 is 38.2 Å². The number of hydrogen-bond donors (Lipinski definition) is 0. The van der Waals surface area contributed by atoms with E-state index in [1.54, 1.807) is 21.1 Å². The number of unbranched alkanes of at least 4 members (excludes halogenated alkanes) is 17. The van der Waals surface area contributed by atoms with Gasteiger partial charge in [0.2, 0.25) is 0 Å². The molecular weight excluding hydrogens is 691 g/mol. The van der Waals surface area contributed by atoms with Crippen LogP contribution in [0.1, 0.15) is 181 Å². The van der Waals surface area contributed by atoms with E-state index in [9.17, 15) is 19.5 Å². The van der Waals surface area contributed by atoms with Gasteiger partial charge in [0.05, 0.1) is 40.3 Å². The maximum Gasteiger partial charge on any atom is 0.306 e. The van der Waals surface area contributed by atoms with Gasteiger partial charge in [-0.05, 0) is 70.6 Å². The Morgan fingerprint density at radius 3 is 1.53 bits per heavy atom. The number of aliphatic carboxylic acids is 1. The zero-order valence-electron chi connectivity index (χ0n) is 36.1. The van der Waals surface area contributed by atoms with Crippen LogP contribution >= 0.6 is 0 Å². The summed E-state index contributed by atoms with van der Waals surface area (Å²) in [6.07, 6.45) is 44.2. The number of carbonyl (C=O) groups is 3. The maximum absolute atomic E-state index is 12.7. The molecule has 55 heavy (non-hydrogen) atoms. The zero-order chi connectivity index (χ0) is 40.7. The van der Waals surface area contributed by atoms with Crippen molar-refractivity contribution >= 4 is 17.9 Å². The normalized spacial score (nSPS) is 13.4. The first-order valence-electron chi connectivity index (χ1n) is 22.2. The molecule has 0 aromatic heterocycles. The number of esters is 2. The Bertz CT molecular complexity index is 1040. The number of ether oxygens (including phenoxy) is 3. The van der Waals surface area contributed by atoms with Crippen LogP contribution in [0.2, 0.25) is 0 Å². The monoisotopic (exact) mass is 774 g/mol. The molecule has 0 saturated heterocycles. The Balaban J connectivity index is 4.33. The molecule has 0 amide bonds. The molecule has 0 aliphatic rings. The van der Waals surface area contributed by atoms with Crippen LogP contribution in [0.25, 0.3) is 0 Å². The van der Waals surface area contributed by atoms with Crippen molar-refractivity contribution in [2.45, 2.75) is 193 Å². The first-order chi connectivity index (χ1) is 26.6. The highest BCUT2D eigenvalue weighted by atomic mass is 16.6. The Morgan fingerprint density at radius 1 is 0.564 bits per heavy atom. The van der Waals surface area contributed by atoms with Gasteiger partial charge in [0, 0.05) is 19.3 Å². The Hall–Kier alpha value is -2.71. The summed E-state index contributed by atoms with van der Waals surface area (Å²) in [7, 11) is 5.40. The molecule has 0 saturated carbocycles. The number of allylic oxidation sites excluding steroid dienone is 8. The van der Waals surface area contributed by atoms with Crippen LogP contribution in [0.3, 0.4) is 0 Å². The van der Waals surface area contributed by atoms with E-state index < -0.39 is 18.1 Å². The van der Waals surface area contributed by atoms with Gasteiger partial charge in [-0.25, -0.2) is 0 Å². The number of nitrogens with zero attached hydrogens (tertiary/aromatic N) is 1. The molecular formula is C47H83NO7. The van der Waals surface area contributed by atoms with Crippen molar-refractivity contribution in [3.8, 4) is 0 Å². The van der Waals surface area contributed by atoms with E-state index in [4.69, 9.17) is 14.2 Å². The number of quaternary nitrogens is 1. The van der Waals surface area contributed by atoms with Gasteiger partial charge >= 0.3 is 11.9 Å². The Labute approximate surface area is 337 Å². The van der Waals surface area contributed by atoms with Crippen LogP contribution in [-0.4, -0.2) is 75.5 Å². The van der Waals surface area contributed by atoms with Gasteiger partial charge in [0.15, 0.2) is 6.10 Å². The average Bonchev–Trinajstić information content (AvgIpc) is 3.14. The molecule has 0 N–H and O–H groups in total. The summed E-state index contributed by atoms with van der Waals surface area (Å²) in [5.41, 5.74) is 0. The van der Waals surface area contributed by atoms with Crippen LogP contribution in [-0.2, 0) is 28.6 Å². The molecule has 0 aliphatic carbocycles. The van der Waals surface area contributed by atoms with Crippen LogP contribution in [0.5, 0.6) is 0 Å². The van der Waals surface area contributed by atoms with Crippen LogP contribution in [0, 0.1) is 0 Å². The Kier molecular flexibility index (Phi) is 36.3. The van der Waals surface area contributed by atoms with E-state index in [-0.39, 0.29) is 42.7 Å². The molecule has 0 bridgehead atoms. The van der Waals surface area contributed by atoms with Gasteiger partial charge in [-0.3, -0.25) is 9.59 Å². The number of carboxylic acid groups (broad SMARTS) is 1.